The Bertz CT molecular complexity index is 758. The monoisotopic (exact) mass is 328 g/mol. The van der Waals surface area contributed by atoms with Crippen molar-refractivity contribution in [3.63, 3.8) is 0 Å². The maximum absolute atomic E-state index is 4.48. The Labute approximate surface area is 125 Å². The lowest BCUT2D eigenvalue weighted by Crippen LogP contribution is -2.03. The van der Waals surface area contributed by atoms with Crippen molar-refractivity contribution in [1.29, 1.82) is 0 Å². The summed E-state index contributed by atoms with van der Waals surface area (Å²) in [5, 5.41) is 3.37. The maximum atomic E-state index is 4.48. The predicted molar refractivity (Wildman–Crippen MR) is 83.5 cm³/mol. The molecule has 0 aliphatic carbocycles. The zero-order chi connectivity index (χ0) is 13.9. The minimum atomic E-state index is 0.665. The second kappa shape index (κ2) is 5.54. The SMILES string of the molecule is Cc1cccc(CNc2ccnc3cc(Br)cnc23)n1. The molecule has 0 fully saturated rings. The molecule has 3 heterocycles. The van der Waals surface area contributed by atoms with Crippen LogP contribution in [0.5, 0.6) is 0 Å². The fourth-order valence-electron chi connectivity index (χ4n) is 2.03. The van der Waals surface area contributed by atoms with Crippen LogP contribution in [0.2, 0.25) is 0 Å². The number of nitrogens with zero attached hydrogens (tertiary/aromatic N) is 3. The Hall–Kier alpha value is -2.01. The first-order valence-corrected chi connectivity index (χ1v) is 7.08. The number of aromatic nitrogens is 3. The van der Waals surface area contributed by atoms with Crippen LogP contribution in [0.3, 0.4) is 0 Å². The summed E-state index contributed by atoms with van der Waals surface area (Å²) in [5.74, 6) is 0. The highest BCUT2D eigenvalue weighted by atomic mass is 79.9. The highest BCUT2D eigenvalue weighted by molar-refractivity contribution is 9.10. The number of anilines is 1. The number of hydrogen-bond donors (Lipinski definition) is 1. The average molecular weight is 329 g/mol. The van der Waals surface area contributed by atoms with Crippen molar-refractivity contribution in [2.24, 2.45) is 0 Å². The molecule has 3 aromatic rings. The minimum absolute atomic E-state index is 0.665. The maximum Gasteiger partial charge on any atom is 0.112 e. The summed E-state index contributed by atoms with van der Waals surface area (Å²) in [5.41, 5.74) is 4.72. The van der Waals surface area contributed by atoms with Crippen molar-refractivity contribution in [3.8, 4) is 0 Å². The van der Waals surface area contributed by atoms with Gasteiger partial charge in [0.2, 0.25) is 0 Å². The van der Waals surface area contributed by atoms with Crippen molar-refractivity contribution >= 4 is 32.7 Å². The van der Waals surface area contributed by atoms with Gasteiger partial charge in [-0.15, -0.1) is 0 Å². The molecule has 0 radical (unpaired) electrons. The summed E-state index contributed by atoms with van der Waals surface area (Å²) in [6.07, 6.45) is 3.56. The molecule has 0 amide bonds. The molecule has 0 unspecified atom stereocenters. The van der Waals surface area contributed by atoms with Gasteiger partial charge >= 0.3 is 0 Å². The Balaban J connectivity index is 1.87. The summed E-state index contributed by atoms with van der Waals surface area (Å²) in [7, 11) is 0. The molecule has 0 aliphatic rings. The van der Waals surface area contributed by atoms with Crippen LogP contribution < -0.4 is 5.32 Å². The van der Waals surface area contributed by atoms with Crippen LogP contribution in [0.4, 0.5) is 5.69 Å². The highest BCUT2D eigenvalue weighted by Gasteiger charge is 2.04. The Morgan fingerprint density at radius 1 is 1.20 bits per heavy atom. The van der Waals surface area contributed by atoms with Gasteiger partial charge < -0.3 is 5.32 Å². The first-order valence-electron chi connectivity index (χ1n) is 6.29. The van der Waals surface area contributed by atoms with E-state index in [4.69, 9.17) is 0 Å². The second-order valence-corrected chi connectivity index (χ2v) is 5.42. The van der Waals surface area contributed by atoms with E-state index in [1.807, 2.05) is 37.3 Å². The molecule has 5 heteroatoms. The zero-order valence-corrected chi connectivity index (χ0v) is 12.6. The number of aryl methyl sites for hydroxylation is 1. The number of nitrogens with one attached hydrogen (secondary N) is 1. The summed E-state index contributed by atoms with van der Waals surface area (Å²) in [6.45, 7) is 2.66. The Morgan fingerprint density at radius 2 is 2.10 bits per heavy atom. The topological polar surface area (TPSA) is 50.7 Å². The van der Waals surface area contributed by atoms with Crippen LogP contribution >= 0.6 is 15.9 Å². The van der Waals surface area contributed by atoms with E-state index in [1.165, 1.54) is 0 Å². The summed E-state index contributed by atoms with van der Waals surface area (Å²) < 4.78 is 0.926. The molecule has 0 spiro atoms. The van der Waals surface area contributed by atoms with Gasteiger partial charge in [0.1, 0.15) is 5.52 Å². The molecule has 20 heavy (non-hydrogen) atoms. The molecule has 3 rings (SSSR count). The Morgan fingerprint density at radius 3 is 2.95 bits per heavy atom. The van der Waals surface area contributed by atoms with E-state index in [0.717, 1.165) is 32.6 Å². The third-order valence-electron chi connectivity index (χ3n) is 2.95. The lowest BCUT2D eigenvalue weighted by molar-refractivity contribution is 1.02. The first-order chi connectivity index (χ1) is 9.72. The number of halogens is 1. The second-order valence-electron chi connectivity index (χ2n) is 4.50. The van der Waals surface area contributed by atoms with Gasteiger partial charge in [-0.1, -0.05) is 6.07 Å². The van der Waals surface area contributed by atoms with Gasteiger partial charge in [-0.25, -0.2) is 0 Å². The van der Waals surface area contributed by atoms with Crippen molar-refractivity contribution in [2.75, 3.05) is 5.32 Å². The minimum Gasteiger partial charge on any atom is -0.378 e. The van der Waals surface area contributed by atoms with Gasteiger partial charge in [0.25, 0.3) is 0 Å². The number of rotatable bonds is 3. The van der Waals surface area contributed by atoms with E-state index in [0.29, 0.717) is 6.54 Å². The number of pyridine rings is 3. The van der Waals surface area contributed by atoms with Crippen LogP contribution in [0.1, 0.15) is 11.4 Å². The summed E-state index contributed by atoms with van der Waals surface area (Å²) in [6, 6.07) is 9.90. The van der Waals surface area contributed by atoms with Gasteiger partial charge in [0, 0.05) is 22.6 Å². The molecule has 4 nitrogen and oxygen atoms in total. The van der Waals surface area contributed by atoms with E-state index in [2.05, 4.69) is 36.2 Å². The van der Waals surface area contributed by atoms with Crippen LogP contribution in [0.25, 0.3) is 11.0 Å². The van der Waals surface area contributed by atoms with Crippen molar-refractivity contribution in [2.45, 2.75) is 13.5 Å². The molecule has 3 aromatic heterocycles. The number of hydrogen-bond acceptors (Lipinski definition) is 4. The molecule has 0 bridgehead atoms. The molecule has 0 saturated heterocycles. The summed E-state index contributed by atoms with van der Waals surface area (Å²) in [4.78, 5) is 13.2. The standard InChI is InChI=1S/C15H13BrN4/c1-10-3-2-4-12(20-10)9-18-13-5-6-17-14-7-11(16)8-19-15(13)14/h2-8H,9H2,1H3,(H,17,18). The normalized spacial score (nSPS) is 10.7. The smallest absolute Gasteiger partial charge is 0.112 e. The van der Waals surface area contributed by atoms with Gasteiger partial charge in [-0.2, -0.15) is 0 Å². The molecule has 0 aromatic carbocycles. The molecule has 100 valence electrons. The first kappa shape index (κ1) is 13.0. The fourth-order valence-corrected chi connectivity index (χ4v) is 2.35. The third-order valence-corrected chi connectivity index (χ3v) is 3.38. The third kappa shape index (κ3) is 2.77. The van der Waals surface area contributed by atoms with E-state index in [1.54, 1.807) is 12.4 Å². The van der Waals surface area contributed by atoms with Crippen LogP contribution in [-0.4, -0.2) is 15.0 Å². The van der Waals surface area contributed by atoms with E-state index >= 15 is 0 Å². The van der Waals surface area contributed by atoms with E-state index in [-0.39, 0.29) is 0 Å². The van der Waals surface area contributed by atoms with Gasteiger partial charge in [0.05, 0.1) is 23.4 Å². The molecular weight excluding hydrogens is 316 g/mol. The van der Waals surface area contributed by atoms with Crippen LogP contribution in [-0.2, 0) is 6.54 Å². The van der Waals surface area contributed by atoms with Crippen molar-refractivity contribution in [1.82, 2.24) is 15.0 Å². The van der Waals surface area contributed by atoms with Crippen LogP contribution in [0, 0.1) is 6.92 Å². The molecule has 1 N–H and O–H groups in total. The van der Waals surface area contributed by atoms with E-state index in [9.17, 15) is 0 Å². The molecular formula is C15H13BrN4. The Kier molecular flexibility index (Phi) is 3.60. The van der Waals surface area contributed by atoms with Crippen LogP contribution in [0.15, 0.2) is 47.2 Å². The van der Waals surface area contributed by atoms with Crippen molar-refractivity contribution in [3.05, 3.63) is 58.6 Å². The lowest BCUT2D eigenvalue weighted by atomic mass is 10.2. The lowest BCUT2D eigenvalue weighted by Gasteiger charge is -2.08. The predicted octanol–water partition coefficient (Wildman–Crippen LogP) is 3.71. The molecule has 0 aliphatic heterocycles. The highest BCUT2D eigenvalue weighted by Crippen LogP contribution is 2.22. The zero-order valence-electron chi connectivity index (χ0n) is 11.0. The van der Waals surface area contributed by atoms with E-state index < -0.39 is 0 Å². The molecule has 0 atom stereocenters. The fraction of sp³-hybridized carbons (Fsp3) is 0.133. The average Bonchev–Trinajstić information content (AvgIpc) is 2.44. The van der Waals surface area contributed by atoms with Gasteiger partial charge in [-0.3, -0.25) is 15.0 Å². The van der Waals surface area contributed by atoms with Gasteiger partial charge in [-0.05, 0) is 47.1 Å². The van der Waals surface area contributed by atoms with Crippen molar-refractivity contribution < 1.29 is 0 Å². The molecule has 0 saturated carbocycles. The largest absolute Gasteiger partial charge is 0.378 e. The quantitative estimate of drug-likeness (QED) is 0.796. The summed E-state index contributed by atoms with van der Waals surface area (Å²) >= 11 is 3.41. The number of fused-ring (bicyclic) bond motifs is 1. The van der Waals surface area contributed by atoms with Gasteiger partial charge in [0.15, 0.2) is 0 Å².